The van der Waals surface area contributed by atoms with Crippen LogP contribution in [-0.2, 0) is 6.54 Å². The van der Waals surface area contributed by atoms with Crippen molar-refractivity contribution in [1.29, 1.82) is 0 Å². The minimum Gasteiger partial charge on any atom is -0.399 e. The van der Waals surface area contributed by atoms with Gasteiger partial charge in [-0.1, -0.05) is 35.9 Å². The van der Waals surface area contributed by atoms with Gasteiger partial charge < -0.3 is 10.6 Å². The van der Waals surface area contributed by atoms with Gasteiger partial charge >= 0.3 is 0 Å². The van der Waals surface area contributed by atoms with Crippen LogP contribution in [0.3, 0.4) is 0 Å². The van der Waals surface area contributed by atoms with Crippen molar-refractivity contribution < 1.29 is 4.79 Å². The highest BCUT2D eigenvalue weighted by atomic mass is 35.5. The van der Waals surface area contributed by atoms with Gasteiger partial charge in [0, 0.05) is 29.9 Å². The first-order valence-electron chi connectivity index (χ1n) is 6.34. The first-order chi connectivity index (χ1) is 9.49. The molecule has 0 aliphatic rings. The van der Waals surface area contributed by atoms with Crippen LogP contribution in [0.1, 0.15) is 21.5 Å². The van der Waals surface area contributed by atoms with Gasteiger partial charge in [0.25, 0.3) is 5.91 Å². The molecule has 0 aromatic heterocycles. The number of nitrogens with zero attached hydrogens (tertiary/aromatic N) is 1. The van der Waals surface area contributed by atoms with E-state index in [1.807, 2.05) is 37.3 Å². The van der Waals surface area contributed by atoms with Crippen LogP contribution >= 0.6 is 11.6 Å². The van der Waals surface area contributed by atoms with Gasteiger partial charge in [-0.15, -0.1) is 0 Å². The maximum Gasteiger partial charge on any atom is 0.254 e. The number of rotatable bonds is 3. The quantitative estimate of drug-likeness (QED) is 0.879. The molecular formula is C16H17ClN2O. The van der Waals surface area contributed by atoms with Crippen molar-refractivity contribution in [3.63, 3.8) is 0 Å². The molecule has 20 heavy (non-hydrogen) atoms. The van der Waals surface area contributed by atoms with E-state index in [4.69, 9.17) is 17.3 Å². The summed E-state index contributed by atoms with van der Waals surface area (Å²) in [6.07, 6.45) is 0. The molecule has 0 fully saturated rings. The van der Waals surface area contributed by atoms with Crippen LogP contribution in [0.25, 0.3) is 0 Å². The van der Waals surface area contributed by atoms with Crippen LogP contribution in [0.5, 0.6) is 0 Å². The van der Waals surface area contributed by atoms with Gasteiger partial charge in [0.2, 0.25) is 0 Å². The topological polar surface area (TPSA) is 46.3 Å². The average molecular weight is 289 g/mol. The van der Waals surface area contributed by atoms with Gasteiger partial charge in [0.05, 0.1) is 0 Å². The molecule has 2 N–H and O–H groups in total. The summed E-state index contributed by atoms with van der Waals surface area (Å²) in [4.78, 5) is 14.1. The molecule has 0 aliphatic heterocycles. The van der Waals surface area contributed by atoms with E-state index >= 15 is 0 Å². The molecule has 0 aliphatic carbocycles. The summed E-state index contributed by atoms with van der Waals surface area (Å²) in [5, 5.41) is 0.663. The Balaban J connectivity index is 2.21. The van der Waals surface area contributed by atoms with E-state index in [2.05, 4.69) is 0 Å². The molecule has 0 bridgehead atoms. The summed E-state index contributed by atoms with van der Waals surface area (Å²) in [7, 11) is 1.76. The largest absolute Gasteiger partial charge is 0.399 e. The van der Waals surface area contributed by atoms with Crippen LogP contribution < -0.4 is 5.73 Å². The lowest BCUT2D eigenvalue weighted by Gasteiger charge is -2.19. The van der Waals surface area contributed by atoms with E-state index < -0.39 is 0 Å². The second kappa shape index (κ2) is 5.97. The lowest BCUT2D eigenvalue weighted by molar-refractivity contribution is 0.0784. The average Bonchev–Trinajstić information content (AvgIpc) is 2.43. The van der Waals surface area contributed by atoms with Crippen LogP contribution in [0.2, 0.25) is 5.02 Å². The van der Waals surface area contributed by atoms with Gasteiger partial charge in [0.15, 0.2) is 0 Å². The molecule has 3 nitrogen and oxygen atoms in total. The van der Waals surface area contributed by atoms with Crippen LogP contribution in [0.15, 0.2) is 42.5 Å². The Morgan fingerprint density at radius 3 is 2.65 bits per heavy atom. The Hall–Kier alpha value is -2.00. The smallest absolute Gasteiger partial charge is 0.254 e. The molecule has 2 rings (SSSR count). The number of halogens is 1. The lowest BCUT2D eigenvalue weighted by atomic mass is 10.1. The Labute approximate surface area is 124 Å². The highest BCUT2D eigenvalue weighted by Crippen LogP contribution is 2.19. The van der Waals surface area contributed by atoms with E-state index in [9.17, 15) is 4.79 Å². The first-order valence-corrected chi connectivity index (χ1v) is 6.72. The molecule has 0 saturated heterocycles. The molecule has 0 atom stereocenters. The van der Waals surface area contributed by atoms with Crippen LogP contribution in [-0.4, -0.2) is 17.9 Å². The van der Waals surface area contributed by atoms with Crippen molar-refractivity contribution in [3.05, 3.63) is 64.2 Å². The van der Waals surface area contributed by atoms with Crippen molar-refractivity contribution in [2.75, 3.05) is 12.8 Å². The van der Waals surface area contributed by atoms with Gasteiger partial charge in [0.1, 0.15) is 0 Å². The zero-order chi connectivity index (χ0) is 14.7. The monoisotopic (exact) mass is 288 g/mol. The second-order valence-corrected chi connectivity index (χ2v) is 5.23. The molecule has 0 spiro atoms. The lowest BCUT2D eigenvalue weighted by Crippen LogP contribution is -2.27. The Morgan fingerprint density at radius 1 is 1.25 bits per heavy atom. The summed E-state index contributed by atoms with van der Waals surface area (Å²) >= 11 is 6.12. The normalized spacial score (nSPS) is 10.3. The molecule has 0 heterocycles. The van der Waals surface area contributed by atoms with Gasteiger partial charge in [-0.3, -0.25) is 4.79 Å². The number of aryl methyl sites for hydroxylation is 1. The molecule has 2 aromatic carbocycles. The molecule has 1 amide bonds. The summed E-state index contributed by atoms with van der Waals surface area (Å²) < 4.78 is 0. The third-order valence-electron chi connectivity index (χ3n) is 3.20. The number of anilines is 1. The van der Waals surface area contributed by atoms with E-state index in [0.717, 1.165) is 11.1 Å². The molecule has 0 saturated carbocycles. The predicted molar refractivity (Wildman–Crippen MR) is 82.8 cm³/mol. The molecule has 0 unspecified atom stereocenters. The highest BCUT2D eigenvalue weighted by molar-refractivity contribution is 6.31. The number of carbonyl (C=O) groups is 1. The maximum atomic E-state index is 12.5. The number of nitrogens with two attached hydrogens (primary N) is 1. The minimum absolute atomic E-state index is 0.0604. The zero-order valence-electron chi connectivity index (χ0n) is 11.6. The fourth-order valence-electron chi connectivity index (χ4n) is 2.03. The van der Waals surface area contributed by atoms with Gasteiger partial charge in [-0.2, -0.15) is 0 Å². The van der Waals surface area contributed by atoms with Crippen molar-refractivity contribution in [2.24, 2.45) is 0 Å². The number of hydrogen-bond acceptors (Lipinski definition) is 2. The third-order valence-corrected chi connectivity index (χ3v) is 3.57. The maximum absolute atomic E-state index is 12.5. The first kappa shape index (κ1) is 14.4. The fourth-order valence-corrected chi connectivity index (χ4v) is 2.23. The summed E-state index contributed by atoms with van der Waals surface area (Å²) in [5.41, 5.74) is 8.80. The minimum atomic E-state index is -0.0604. The van der Waals surface area contributed by atoms with E-state index in [-0.39, 0.29) is 5.91 Å². The van der Waals surface area contributed by atoms with E-state index in [1.54, 1.807) is 24.1 Å². The Kier molecular flexibility index (Phi) is 4.30. The highest BCUT2D eigenvalue weighted by Gasteiger charge is 2.15. The van der Waals surface area contributed by atoms with Crippen LogP contribution in [0, 0.1) is 6.92 Å². The van der Waals surface area contributed by atoms with Gasteiger partial charge in [-0.05, 0) is 36.2 Å². The van der Waals surface area contributed by atoms with Crippen LogP contribution in [0.4, 0.5) is 5.69 Å². The summed E-state index contributed by atoms with van der Waals surface area (Å²) in [5.74, 6) is -0.0604. The summed E-state index contributed by atoms with van der Waals surface area (Å²) in [6, 6.07) is 12.9. The number of carbonyl (C=O) groups excluding carboxylic acids is 1. The number of benzene rings is 2. The Bertz CT molecular complexity index is 640. The number of hydrogen-bond donors (Lipinski definition) is 1. The molecule has 4 heteroatoms. The number of nitrogen functional groups attached to an aromatic ring is 1. The molecule has 0 radical (unpaired) electrons. The Morgan fingerprint density at radius 2 is 1.95 bits per heavy atom. The van der Waals surface area contributed by atoms with Gasteiger partial charge in [-0.25, -0.2) is 0 Å². The predicted octanol–water partition coefficient (Wildman–Crippen LogP) is 3.50. The van der Waals surface area contributed by atoms with E-state index in [0.29, 0.717) is 22.8 Å². The zero-order valence-corrected chi connectivity index (χ0v) is 12.3. The molecular weight excluding hydrogens is 272 g/mol. The SMILES string of the molecule is Cc1ccc(N)cc1C(=O)N(C)Cc1ccccc1Cl. The molecule has 2 aromatic rings. The summed E-state index contributed by atoms with van der Waals surface area (Å²) in [6.45, 7) is 2.36. The van der Waals surface area contributed by atoms with Crippen molar-refractivity contribution in [3.8, 4) is 0 Å². The van der Waals surface area contributed by atoms with Crippen molar-refractivity contribution in [2.45, 2.75) is 13.5 Å². The third kappa shape index (κ3) is 3.11. The molecule has 104 valence electrons. The van der Waals surface area contributed by atoms with Crippen molar-refractivity contribution >= 4 is 23.2 Å². The number of amides is 1. The van der Waals surface area contributed by atoms with E-state index in [1.165, 1.54) is 0 Å². The standard InChI is InChI=1S/C16H17ClN2O/c1-11-7-8-13(18)9-14(11)16(20)19(2)10-12-5-3-4-6-15(12)17/h3-9H,10,18H2,1-2H3. The fraction of sp³-hybridized carbons (Fsp3) is 0.188. The van der Waals surface area contributed by atoms with Crippen molar-refractivity contribution in [1.82, 2.24) is 4.90 Å². The second-order valence-electron chi connectivity index (χ2n) is 4.83.